The predicted molar refractivity (Wildman–Crippen MR) is 125 cm³/mol. The summed E-state index contributed by atoms with van der Waals surface area (Å²) in [7, 11) is 0. The molecule has 2 N–H and O–H groups in total. The van der Waals surface area contributed by atoms with E-state index in [0.717, 1.165) is 43.6 Å². The van der Waals surface area contributed by atoms with E-state index in [1.165, 1.54) is 25.7 Å². The standard InChI is InChI=1S/C23H31Cl2N3O2.CH2/c24-18-8-7-17(20(25)12-18)15-26-22(30)28-11-3-6-19(28)13-21(29)27-23-9-1-4-16(14-23)5-2-10-23;/h7-8,12,16,19H,1-6,9-11,13-15H2,(H,26,30)(H,27,29);1H2. The van der Waals surface area contributed by atoms with Gasteiger partial charge in [-0.15, -0.1) is 0 Å². The number of urea groups is 1. The number of hydrogen-bond acceptors (Lipinski definition) is 2. The van der Waals surface area contributed by atoms with Crippen molar-refractivity contribution in [2.45, 2.75) is 82.3 Å². The first kappa shape index (κ1) is 24.2. The van der Waals surface area contributed by atoms with Gasteiger partial charge < -0.3 is 15.5 Å². The maximum atomic E-state index is 12.9. The Morgan fingerprint density at radius 2 is 1.84 bits per heavy atom. The number of likely N-dealkylation sites (tertiary alicyclic amines) is 1. The van der Waals surface area contributed by atoms with E-state index >= 15 is 0 Å². The van der Waals surface area contributed by atoms with Gasteiger partial charge in [0.15, 0.2) is 0 Å². The SMILES string of the molecule is O=C(CC1CCCN1C(=O)NCc1ccc(Cl)cc1Cl)NC12CCCC(CCC1)C2.[CH2]. The Hall–Kier alpha value is -1.46. The quantitative estimate of drug-likeness (QED) is 0.592. The smallest absolute Gasteiger partial charge is 0.317 e. The van der Waals surface area contributed by atoms with Crippen LogP contribution >= 0.6 is 23.2 Å². The lowest BCUT2D eigenvalue weighted by atomic mass is 9.67. The highest BCUT2D eigenvalue weighted by atomic mass is 35.5. The van der Waals surface area contributed by atoms with E-state index < -0.39 is 0 Å². The van der Waals surface area contributed by atoms with Gasteiger partial charge >= 0.3 is 6.03 Å². The van der Waals surface area contributed by atoms with Gasteiger partial charge in [-0.2, -0.15) is 0 Å². The number of carbonyl (C=O) groups is 2. The first-order valence-corrected chi connectivity index (χ1v) is 12.0. The average Bonchev–Trinajstić information content (AvgIpc) is 3.15. The molecule has 3 fully saturated rings. The molecular formula is C24H33Cl2N3O2. The lowest BCUT2D eigenvalue weighted by molar-refractivity contribution is -0.125. The molecule has 170 valence electrons. The first-order valence-electron chi connectivity index (χ1n) is 11.2. The predicted octanol–water partition coefficient (Wildman–Crippen LogP) is 5.61. The van der Waals surface area contributed by atoms with Crippen LogP contribution in [0.25, 0.3) is 0 Å². The normalized spacial score (nSPS) is 27.4. The van der Waals surface area contributed by atoms with E-state index in [4.69, 9.17) is 23.2 Å². The molecule has 1 aliphatic heterocycles. The monoisotopic (exact) mass is 465 g/mol. The zero-order chi connectivity index (χ0) is 21.1. The Balaban J connectivity index is 0.00000272. The molecule has 0 aromatic heterocycles. The van der Waals surface area contributed by atoms with Crippen LogP contribution in [0.2, 0.25) is 10.0 Å². The van der Waals surface area contributed by atoms with E-state index in [-0.39, 0.29) is 30.9 Å². The number of amides is 3. The second kappa shape index (κ2) is 10.4. The zero-order valence-electron chi connectivity index (χ0n) is 18.1. The van der Waals surface area contributed by atoms with Crippen molar-refractivity contribution in [1.82, 2.24) is 15.5 Å². The molecule has 3 amide bonds. The van der Waals surface area contributed by atoms with Crippen LogP contribution in [0.5, 0.6) is 0 Å². The molecule has 1 aromatic carbocycles. The third-order valence-electron chi connectivity index (χ3n) is 7.12. The third-order valence-corrected chi connectivity index (χ3v) is 7.71. The van der Waals surface area contributed by atoms with Crippen LogP contribution < -0.4 is 10.6 Å². The summed E-state index contributed by atoms with van der Waals surface area (Å²) in [6.45, 7) is 1.03. The van der Waals surface area contributed by atoms with Gasteiger partial charge in [0.05, 0.1) is 0 Å². The van der Waals surface area contributed by atoms with Gasteiger partial charge in [-0.3, -0.25) is 4.79 Å². The lowest BCUT2D eigenvalue weighted by Crippen LogP contribution is -2.54. The highest BCUT2D eigenvalue weighted by Gasteiger charge is 2.41. The first-order chi connectivity index (χ1) is 14.4. The van der Waals surface area contributed by atoms with Crippen molar-refractivity contribution in [1.29, 1.82) is 0 Å². The van der Waals surface area contributed by atoms with E-state index in [2.05, 4.69) is 10.6 Å². The van der Waals surface area contributed by atoms with Crippen molar-refractivity contribution in [2.75, 3.05) is 6.54 Å². The molecule has 3 aliphatic rings. The van der Waals surface area contributed by atoms with Crippen molar-refractivity contribution in [3.63, 3.8) is 0 Å². The van der Waals surface area contributed by atoms with Gasteiger partial charge in [-0.25, -0.2) is 4.79 Å². The van der Waals surface area contributed by atoms with Crippen molar-refractivity contribution in [2.24, 2.45) is 5.92 Å². The highest BCUT2D eigenvalue weighted by molar-refractivity contribution is 6.35. The molecule has 1 unspecified atom stereocenters. The average molecular weight is 466 g/mol. The number of halogens is 2. The number of rotatable bonds is 5. The van der Waals surface area contributed by atoms with Gasteiger partial charge in [0.2, 0.25) is 5.91 Å². The highest BCUT2D eigenvalue weighted by Crippen LogP contribution is 2.42. The Labute approximate surface area is 196 Å². The summed E-state index contributed by atoms with van der Waals surface area (Å²) in [5.41, 5.74) is 0.834. The Bertz CT molecular complexity index is 791. The van der Waals surface area contributed by atoms with Crippen molar-refractivity contribution >= 4 is 35.1 Å². The van der Waals surface area contributed by atoms with Crippen LogP contribution in [0, 0.1) is 13.3 Å². The van der Waals surface area contributed by atoms with Crippen LogP contribution in [-0.2, 0) is 11.3 Å². The van der Waals surface area contributed by atoms with Crippen molar-refractivity contribution < 1.29 is 9.59 Å². The summed E-state index contributed by atoms with van der Waals surface area (Å²) in [6.07, 6.45) is 10.6. The van der Waals surface area contributed by atoms with Crippen LogP contribution in [0.4, 0.5) is 4.79 Å². The summed E-state index contributed by atoms with van der Waals surface area (Å²) in [5.74, 6) is 0.879. The second-order valence-electron chi connectivity index (χ2n) is 9.27. The molecule has 5 nitrogen and oxygen atoms in total. The largest absolute Gasteiger partial charge is 0.351 e. The Morgan fingerprint density at radius 3 is 2.55 bits per heavy atom. The molecule has 1 aromatic rings. The molecule has 4 rings (SSSR count). The third kappa shape index (κ3) is 5.87. The second-order valence-corrected chi connectivity index (χ2v) is 10.1. The summed E-state index contributed by atoms with van der Waals surface area (Å²) in [5, 5.41) is 7.45. The van der Waals surface area contributed by atoms with Crippen molar-refractivity contribution in [3.8, 4) is 0 Å². The van der Waals surface area contributed by atoms with Gasteiger partial charge in [0, 0.05) is 41.1 Å². The minimum Gasteiger partial charge on any atom is -0.351 e. The summed E-state index contributed by atoms with van der Waals surface area (Å²) >= 11 is 12.1. The van der Waals surface area contributed by atoms with Crippen LogP contribution in [0.1, 0.15) is 69.8 Å². The fraction of sp³-hybridized carbons (Fsp3) is 0.625. The minimum absolute atomic E-state index is 0. The molecule has 2 saturated carbocycles. The summed E-state index contributed by atoms with van der Waals surface area (Å²) in [6, 6.07) is 5.09. The maximum Gasteiger partial charge on any atom is 0.317 e. The lowest BCUT2D eigenvalue weighted by Gasteiger charge is -2.46. The van der Waals surface area contributed by atoms with Crippen LogP contribution in [-0.4, -0.2) is 35.0 Å². The van der Waals surface area contributed by atoms with E-state index in [1.54, 1.807) is 12.1 Å². The molecule has 1 atom stereocenters. The number of carbonyl (C=O) groups excluding carboxylic acids is 2. The number of nitrogens with zero attached hydrogens (tertiary/aromatic N) is 1. The molecule has 7 heteroatoms. The molecule has 0 spiro atoms. The number of hydrogen-bond donors (Lipinski definition) is 2. The fourth-order valence-corrected chi connectivity index (χ4v) is 6.15. The molecule has 1 heterocycles. The van der Waals surface area contributed by atoms with E-state index in [9.17, 15) is 9.59 Å². The summed E-state index contributed by atoms with van der Waals surface area (Å²) in [4.78, 5) is 27.5. The van der Waals surface area contributed by atoms with Crippen molar-refractivity contribution in [3.05, 3.63) is 41.2 Å². The number of fused-ring (bicyclic) bond motifs is 2. The summed E-state index contributed by atoms with van der Waals surface area (Å²) < 4.78 is 0. The van der Waals surface area contributed by atoms with Gasteiger partial charge in [-0.05, 0) is 55.7 Å². The molecular weight excluding hydrogens is 433 g/mol. The topological polar surface area (TPSA) is 61.4 Å². The molecule has 1 saturated heterocycles. The van der Waals surface area contributed by atoms with E-state index in [0.29, 0.717) is 29.6 Å². The van der Waals surface area contributed by atoms with Gasteiger partial charge in [-0.1, -0.05) is 62.4 Å². The Kier molecular flexibility index (Phi) is 8.14. The van der Waals surface area contributed by atoms with Gasteiger partial charge in [0.25, 0.3) is 0 Å². The molecule has 2 radical (unpaired) electrons. The van der Waals surface area contributed by atoms with E-state index in [1.807, 2.05) is 11.0 Å². The number of nitrogens with one attached hydrogen (secondary N) is 2. The number of benzene rings is 1. The van der Waals surface area contributed by atoms with Crippen LogP contribution in [0.3, 0.4) is 0 Å². The zero-order valence-corrected chi connectivity index (χ0v) is 19.6. The molecule has 2 bridgehead atoms. The molecule has 2 aliphatic carbocycles. The molecule has 31 heavy (non-hydrogen) atoms. The van der Waals surface area contributed by atoms with Gasteiger partial charge in [0.1, 0.15) is 0 Å². The maximum absolute atomic E-state index is 12.9. The minimum atomic E-state index is -0.134. The van der Waals surface area contributed by atoms with Crippen LogP contribution in [0.15, 0.2) is 18.2 Å². The fourth-order valence-electron chi connectivity index (χ4n) is 5.68. The Morgan fingerprint density at radius 1 is 1.10 bits per heavy atom.